The second-order valence-electron chi connectivity index (χ2n) is 2.67. The summed E-state index contributed by atoms with van der Waals surface area (Å²) in [6, 6.07) is 5.60. The standard InChI is InChI=1S/C9H4Cl2FNO/c10-6-1-5(2-7(12)3-6)8-4-9(11)14-13-8/h1-4H. The predicted octanol–water partition coefficient (Wildman–Crippen LogP) is 3.79. The Hall–Kier alpha value is -1.06. The van der Waals surface area contributed by atoms with Crippen LogP contribution in [-0.2, 0) is 0 Å². The van der Waals surface area contributed by atoms with Gasteiger partial charge in [-0.25, -0.2) is 4.39 Å². The first-order valence-electron chi connectivity index (χ1n) is 3.74. The summed E-state index contributed by atoms with van der Waals surface area (Å²) in [5.41, 5.74) is 0.988. The van der Waals surface area contributed by atoms with Crippen LogP contribution in [-0.4, -0.2) is 5.16 Å². The van der Waals surface area contributed by atoms with E-state index in [2.05, 4.69) is 9.68 Å². The Morgan fingerprint density at radius 2 is 1.93 bits per heavy atom. The molecule has 0 saturated heterocycles. The Bertz CT molecular complexity index is 449. The minimum absolute atomic E-state index is 0.153. The molecule has 0 aliphatic carbocycles. The SMILES string of the molecule is Fc1cc(Cl)cc(-c2cc(Cl)on2)c1. The lowest BCUT2D eigenvalue weighted by molar-refractivity contribution is 0.424. The molecule has 0 aliphatic heterocycles. The summed E-state index contributed by atoms with van der Waals surface area (Å²) in [5, 5.41) is 4.09. The highest BCUT2D eigenvalue weighted by Crippen LogP contribution is 2.25. The van der Waals surface area contributed by atoms with Crippen molar-refractivity contribution in [3.63, 3.8) is 0 Å². The van der Waals surface area contributed by atoms with Gasteiger partial charge in [-0.3, -0.25) is 0 Å². The van der Waals surface area contributed by atoms with Crippen molar-refractivity contribution in [1.82, 2.24) is 5.16 Å². The number of benzene rings is 1. The molecule has 2 nitrogen and oxygen atoms in total. The Balaban J connectivity index is 2.51. The van der Waals surface area contributed by atoms with E-state index in [4.69, 9.17) is 23.2 Å². The molecule has 0 fully saturated rings. The van der Waals surface area contributed by atoms with Gasteiger partial charge in [0.15, 0.2) is 0 Å². The Labute approximate surface area is 89.2 Å². The van der Waals surface area contributed by atoms with E-state index in [9.17, 15) is 4.39 Å². The third kappa shape index (κ3) is 1.89. The van der Waals surface area contributed by atoms with Crippen LogP contribution in [0.3, 0.4) is 0 Å². The zero-order chi connectivity index (χ0) is 10.1. The molecule has 0 radical (unpaired) electrons. The van der Waals surface area contributed by atoms with Crippen molar-refractivity contribution in [2.24, 2.45) is 0 Å². The first-order chi connectivity index (χ1) is 6.65. The molecule has 0 aliphatic rings. The van der Waals surface area contributed by atoms with Crippen LogP contribution in [0, 0.1) is 5.82 Å². The van der Waals surface area contributed by atoms with Gasteiger partial charge in [-0.2, -0.15) is 0 Å². The normalized spacial score (nSPS) is 10.5. The summed E-state index contributed by atoms with van der Waals surface area (Å²) in [6.45, 7) is 0. The summed E-state index contributed by atoms with van der Waals surface area (Å²) in [4.78, 5) is 0. The van der Waals surface area contributed by atoms with Gasteiger partial charge in [0.25, 0.3) is 0 Å². The van der Waals surface area contributed by atoms with Gasteiger partial charge in [-0.1, -0.05) is 16.8 Å². The summed E-state index contributed by atoms with van der Waals surface area (Å²) >= 11 is 11.2. The van der Waals surface area contributed by atoms with Gasteiger partial charge in [0.05, 0.1) is 0 Å². The van der Waals surface area contributed by atoms with Gasteiger partial charge in [-0.15, -0.1) is 0 Å². The molecule has 1 heterocycles. The highest BCUT2D eigenvalue weighted by Gasteiger charge is 2.07. The van der Waals surface area contributed by atoms with Crippen molar-refractivity contribution < 1.29 is 8.91 Å². The topological polar surface area (TPSA) is 26.0 Å². The third-order valence-electron chi connectivity index (χ3n) is 1.64. The highest BCUT2D eigenvalue weighted by molar-refractivity contribution is 6.31. The second kappa shape index (κ2) is 3.59. The zero-order valence-electron chi connectivity index (χ0n) is 6.80. The Morgan fingerprint density at radius 3 is 2.50 bits per heavy atom. The van der Waals surface area contributed by atoms with Crippen molar-refractivity contribution in [2.45, 2.75) is 0 Å². The first kappa shape index (κ1) is 9.49. The lowest BCUT2D eigenvalue weighted by atomic mass is 10.1. The van der Waals surface area contributed by atoms with Crippen LogP contribution in [0.1, 0.15) is 0 Å². The van der Waals surface area contributed by atoms with Gasteiger partial charge >= 0.3 is 0 Å². The molecule has 72 valence electrons. The lowest BCUT2D eigenvalue weighted by Crippen LogP contribution is -1.80. The highest BCUT2D eigenvalue weighted by atomic mass is 35.5. The van der Waals surface area contributed by atoms with Gasteiger partial charge in [-0.05, 0) is 29.8 Å². The van der Waals surface area contributed by atoms with E-state index >= 15 is 0 Å². The number of hydrogen-bond donors (Lipinski definition) is 0. The third-order valence-corrected chi connectivity index (χ3v) is 2.04. The van der Waals surface area contributed by atoms with Crippen LogP contribution in [0.2, 0.25) is 10.2 Å². The van der Waals surface area contributed by atoms with E-state index in [0.717, 1.165) is 0 Å². The van der Waals surface area contributed by atoms with Crippen LogP contribution >= 0.6 is 23.2 Å². The number of nitrogens with zero attached hydrogens (tertiary/aromatic N) is 1. The van der Waals surface area contributed by atoms with E-state index < -0.39 is 5.82 Å². The molecule has 0 spiro atoms. The Kier molecular flexibility index (Phi) is 2.44. The number of aromatic nitrogens is 1. The molecule has 0 unspecified atom stereocenters. The minimum atomic E-state index is -0.424. The van der Waals surface area contributed by atoms with Crippen LogP contribution in [0.4, 0.5) is 4.39 Å². The van der Waals surface area contributed by atoms with Crippen LogP contribution in [0.5, 0.6) is 0 Å². The first-order valence-corrected chi connectivity index (χ1v) is 4.49. The molecular formula is C9H4Cl2FNO. The van der Waals surface area contributed by atoms with Crippen LogP contribution in [0.15, 0.2) is 28.8 Å². The Morgan fingerprint density at radius 1 is 1.14 bits per heavy atom. The minimum Gasteiger partial charge on any atom is -0.344 e. The molecule has 2 rings (SSSR count). The second-order valence-corrected chi connectivity index (χ2v) is 3.48. The van der Waals surface area contributed by atoms with Crippen molar-refractivity contribution in [1.29, 1.82) is 0 Å². The van der Waals surface area contributed by atoms with Gasteiger partial charge in [0.1, 0.15) is 11.5 Å². The van der Waals surface area contributed by atoms with Gasteiger partial charge in [0, 0.05) is 16.7 Å². The molecule has 5 heteroatoms. The van der Waals surface area contributed by atoms with Crippen molar-refractivity contribution in [3.05, 3.63) is 40.3 Å². The van der Waals surface area contributed by atoms with E-state index in [1.54, 1.807) is 6.07 Å². The van der Waals surface area contributed by atoms with E-state index in [0.29, 0.717) is 16.3 Å². The maximum absolute atomic E-state index is 12.9. The van der Waals surface area contributed by atoms with E-state index in [-0.39, 0.29) is 5.22 Å². The fourth-order valence-corrected chi connectivity index (χ4v) is 1.45. The monoisotopic (exact) mass is 231 g/mol. The molecule has 2 aromatic rings. The maximum Gasteiger partial charge on any atom is 0.226 e. The average Bonchev–Trinajstić information content (AvgIpc) is 2.50. The van der Waals surface area contributed by atoms with Crippen LogP contribution in [0.25, 0.3) is 11.3 Å². The van der Waals surface area contributed by atoms with E-state index in [1.807, 2.05) is 0 Å². The zero-order valence-corrected chi connectivity index (χ0v) is 8.31. The molecule has 0 atom stereocenters. The maximum atomic E-state index is 12.9. The summed E-state index contributed by atoms with van der Waals surface area (Å²) < 4.78 is 17.6. The van der Waals surface area contributed by atoms with Gasteiger partial charge in [0.2, 0.25) is 5.22 Å². The smallest absolute Gasteiger partial charge is 0.226 e. The van der Waals surface area contributed by atoms with E-state index in [1.165, 1.54) is 18.2 Å². The molecule has 0 saturated carbocycles. The summed E-state index contributed by atoms with van der Waals surface area (Å²) in [5.74, 6) is -0.424. The largest absolute Gasteiger partial charge is 0.344 e. The molecular weight excluding hydrogens is 228 g/mol. The molecule has 1 aromatic carbocycles. The predicted molar refractivity (Wildman–Crippen MR) is 51.9 cm³/mol. The lowest BCUT2D eigenvalue weighted by Gasteiger charge is -1.96. The number of rotatable bonds is 1. The molecule has 0 bridgehead atoms. The molecule has 14 heavy (non-hydrogen) atoms. The molecule has 0 N–H and O–H groups in total. The van der Waals surface area contributed by atoms with Crippen molar-refractivity contribution in [3.8, 4) is 11.3 Å². The molecule has 1 aromatic heterocycles. The fourth-order valence-electron chi connectivity index (χ4n) is 1.09. The number of halogens is 3. The summed E-state index contributed by atoms with van der Waals surface area (Å²) in [6.07, 6.45) is 0. The fraction of sp³-hybridized carbons (Fsp3) is 0. The van der Waals surface area contributed by atoms with Gasteiger partial charge < -0.3 is 4.52 Å². The number of hydrogen-bond acceptors (Lipinski definition) is 2. The van der Waals surface area contributed by atoms with Crippen molar-refractivity contribution in [2.75, 3.05) is 0 Å². The van der Waals surface area contributed by atoms with Crippen molar-refractivity contribution >= 4 is 23.2 Å². The quantitative estimate of drug-likeness (QED) is 0.747. The average molecular weight is 232 g/mol. The van der Waals surface area contributed by atoms with Crippen LogP contribution < -0.4 is 0 Å². The summed E-state index contributed by atoms with van der Waals surface area (Å²) in [7, 11) is 0. The molecule has 0 amide bonds.